The van der Waals surface area contributed by atoms with Gasteiger partial charge >= 0.3 is 0 Å². The van der Waals surface area contributed by atoms with Crippen molar-refractivity contribution in [2.24, 2.45) is 0 Å². The summed E-state index contributed by atoms with van der Waals surface area (Å²) in [6, 6.07) is 11.8. The minimum Gasteiger partial charge on any atom is -0.326 e. The topological polar surface area (TPSA) is 42.0 Å². The summed E-state index contributed by atoms with van der Waals surface area (Å²) < 4.78 is 0. The van der Waals surface area contributed by atoms with Crippen LogP contribution in [0.2, 0.25) is 0 Å². The number of nitrogens with one attached hydrogen (secondary N) is 1. The normalized spacial score (nSPS) is 10.5. The fraction of sp³-hybridized carbons (Fsp3) is 0.250. The van der Waals surface area contributed by atoms with Crippen molar-refractivity contribution in [3.05, 3.63) is 48.2 Å². The van der Waals surface area contributed by atoms with Gasteiger partial charge < -0.3 is 5.32 Å². The summed E-state index contributed by atoms with van der Waals surface area (Å²) in [6.07, 6.45) is 1.80. The average molecular weight is 254 g/mol. The van der Waals surface area contributed by atoms with Crippen molar-refractivity contribution in [1.29, 1.82) is 0 Å². The number of carbonyl (C=O) groups is 1. The molecule has 98 valence electrons. The van der Waals surface area contributed by atoms with Gasteiger partial charge in [-0.2, -0.15) is 0 Å². The zero-order valence-corrected chi connectivity index (χ0v) is 11.5. The van der Waals surface area contributed by atoms with Crippen molar-refractivity contribution in [3.63, 3.8) is 0 Å². The van der Waals surface area contributed by atoms with Crippen LogP contribution in [0.25, 0.3) is 11.3 Å². The van der Waals surface area contributed by atoms with E-state index < -0.39 is 0 Å². The molecule has 0 radical (unpaired) electrons. The zero-order valence-electron chi connectivity index (χ0n) is 11.5. The molecule has 0 aliphatic heterocycles. The van der Waals surface area contributed by atoms with E-state index in [-0.39, 0.29) is 5.91 Å². The van der Waals surface area contributed by atoms with Crippen LogP contribution in [-0.2, 0) is 4.79 Å². The molecule has 0 saturated carbocycles. The summed E-state index contributed by atoms with van der Waals surface area (Å²) >= 11 is 0. The third-order valence-corrected chi connectivity index (χ3v) is 2.92. The standard InChI is InChI=1S/C16H18N2O/c1-11(2)15-8-5-9-17-16(15)13-6-4-7-14(10-13)18-12(3)19/h4-11H,1-3H3,(H,18,19). The molecule has 1 heterocycles. The van der Waals surface area contributed by atoms with Crippen LogP contribution in [0.4, 0.5) is 5.69 Å². The summed E-state index contributed by atoms with van der Waals surface area (Å²) in [7, 11) is 0. The maximum Gasteiger partial charge on any atom is 0.221 e. The highest BCUT2D eigenvalue weighted by Crippen LogP contribution is 2.28. The largest absolute Gasteiger partial charge is 0.326 e. The first-order valence-electron chi connectivity index (χ1n) is 6.41. The Morgan fingerprint density at radius 3 is 2.68 bits per heavy atom. The maximum atomic E-state index is 11.1. The number of amides is 1. The number of carbonyl (C=O) groups excluding carboxylic acids is 1. The monoisotopic (exact) mass is 254 g/mol. The molecule has 0 saturated heterocycles. The van der Waals surface area contributed by atoms with Gasteiger partial charge in [0, 0.05) is 24.4 Å². The molecule has 3 heteroatoms. The Bertz CT molecular complexity index is 591. The van der Waals surface area contributed by atoms with Gasteiger partial charge in [-0.05, 0) is 29.7 Å². The number of benzene rings is 1. The quantitative estimate of drug-likeness (QED) is 0.904. The van der Waals surface area contributed by atoms with Gasteiger partial charge in [-0.3, -0.25) is 9.78 Å². The predicted octanol–water partition coefficient (Wildman–Crippen LogP) is 3.83. The molecule has 0 aliphatic carbocycles. The minimum absolute atomic E-state index is 0.0674. The highest BCUT2D eigenvalue weighted by atomic mass is 16.1. The van der Waals surface area contributed by atoms with Crippen LogP contribution in [0, 0.1) is 0 Å². The van der Waals surface area contributed by atoms with E-state index in [9.17, 15) is 4.79 Å². The van der Waals surface area contributed by atoms with Crippen LogP contribution in [0.5, 0.6) is 0 Å². The first-order valence-corrected chi connectivity index (χ1v) is 6.41. The Balaban J connectivity index is 2.44. The van der Waals surface area contributed by atoms with E-state index in [0.717, 1.165) is 16.9 Å². The maximum absolute atomic E-state index is 11.1. The van der Waals surface area contributed by atoms with E-state index in [2.05, 4.69) is 30.2 Å². The molecule has 1 N–H and O–H groups in total. The Labute approximate surface area is 113 Å². The molecule has 3 nitrogen and oxygen atoms in total. The first kappa shape index (κ1) is 13.3. The third kappa shape index (κ3) is 3.19. The molecule has 0 bridgehead atoms. The molecule has 1 aromatic carbocycles. The number of pyridine rings is 1. The van der Waals surface area contributed by atoms with Gasteiger partial charge in [0.2, 0.25) is 5.91 Å². The van der Waals surface area contributed by atoms with Gasteiger partial charge in [0.05, 0.1) is 5.69 Å². The summed E-state index contributed by atoms with van der Waals surface area (Å²) in [5.41, 5.74) is 4.01. The molecule has 0 unspecified atom stereocenters. The summed E-state index contributed by atoms with van der Waals surface area (Å²) in [6.45, 7) is 5.81. The van der Waals surface area contributed by atoms with Gasteiger partial charge in [-0.1, -0.05) is 32.0 Å². The van der Waals surface area contributed by atoms with Gasteiger partial charge in [0.15, 0.2) is 0 Å². The molecular formula is C16H18N2O. The van der Waals surface area contributed by atoms with Crippen LogP contribution < -0.4 is 5.32 Å². The van der Waals surface area contributed by atoms with Crippen molar-refractivity contribution >= 4 is 11.6 Å². The van der Waals surface area contributed by atoms with Crippen LogP contribution >= 0.6 is 0 Å². The predicted molar refractivity (Wildman–Crippen MR) is 78.1 cm³/mol. The number of anilines is 1. The molecule has 1 aromatic heterocycles. The van der Waals surface area contributed by atoms with Crippen molar-refractivity contribution in [2.75, 3.05) is 5.32 Å². The van der Waals surface area contributed by atoms with Gasteiger partial charge in [0.1, 0.15) is 0 Å². The minimum atomic E-state index is -0.0674. The molecule has 19 heavy (non-hydrogen) atoms. The lowest BCUT2D eigenvalue weighted by Gasteiger charge is -2.12. The highest BCUT2D eigenvalue weighted by molar-refractivity contribution is 5.89. The summed E-state index contributed by atoms with van der Waals surface area (Å²) in [5, 5.41) is 2.80. The summed E-state index contributed by atoms with van der Waals surface area (Å²) in [5.74, 6) is 0.343. The number of hydrogen-bond acceptors (Lipinski definition) is 2. The molecular weight excluding hydrogens is 236 g/mol. The van der Waals surface area contributed by atoms with E-state index in [1.807, 2.05) is 30.3 Å². The third-order valence-electron chi connectivity index (χ3n) is 2.92. The fourth-order valence-electron chi connectivity index (χ4n) is 2.07. The second kappa shape index (κ2) is 5.65. The second-order valence-electron chi connectivity index (χ2n) is 4.86. The van der Waals surface area contributed by atoms with Crippen molar-refractivity contribution in [3.8, 4) is 11.3 Å². The Morgan fingerprint density at radius 1 is 1.21 bits per heavy atom. The molecule has 1 amide bonds. The van der Waals surface area contributed by atoms with Crippen LogP contribution in [0.1, 0.15) is 32.3 Å². The van der Waals surface area contributed by atoms with Gasteiger partial charge in [-0.15, -0.1) is 0 Å². The SMILES string of the molecule is CC(=O)Nc1cccc(-c2ncccc2C(C)C)c1. The molecule has 2 aromatic rings. The fourth-order valence-corrected chi connectivity index (χ4v) is 2.07. The Morgan fingerprint density at radius 2 is 2.00 bits per heavy atom. The molecule has 0 aliphatic rings. The van der Waals surface area contributed by atoms with Gasteiger partial charge in [-0.25, -0.2) is 0 Å². The average Bonchev–Trinajstić information content (AvgIpc) is 2.38. The molecule has 0 spiro atoms. The van der Waals surface area contributed by atoms with E-state index in [1.165, 1.54) is 12.5 Å². The molecule has 0 fully saturated rings. The van der Waals surface area contributed by atoms with E-state index >= 15 is 0 Å². The first-order chi connectivity index (χ1) is 9.08. The highest BCUT2D eigenvalue weighted by Gasteiger charge is 2.09. The number of nitrogens with zero attached hydrogens (tertiary/aromatic N) is 1. The van der Waals surface area contributed by atoms with Crippen molar-refractivity contribution in [2.45, 2.75) is 26.7 Å². The smallest absolute Gasteiger partial charge is 0.221 e. The molecule has 2 rings (SSSR count). The molecule has 0 atom stereocenters. The van der Waals surface area contributed by atoms with Crippen LogP contribution in [0.15, 0.2) is 42.6 Å². The number of rotatable bonds is 3. The van der Waals surface area contributed by atoms with Gasteiger partial charge in [0.25, 0.3) is 0 Å². The van der Waals surface area contributed by atoms with E-state index in [4.69, 9.17) is 0 Å². The van der Waals surface area contributed by atoms with Crippen molar-refractivity contribution in [1.82, 2.24) is 4.98 Å². The van der Waals surface area contributed by atoms with Crippen molar-refractivity contribution < 1.29 is 4.79 Å². The second-order valence-corrected chi connectivity index (χ2v) is 4.86. The lowest BCUT2D eigenvalue weighted by atomic mass is 9.97. The number of hydrogen-bond donors (Lipinski definition) is 1. The van der Waals surface area contributed by atoms with Crippen LogP contribution in [0.3, 0.4) is 0 Å². The van der Waals surface area contributed by atoms with E-state index in [1.54, 1.807) is 6.20 Å². The van der Waals surface area contributed by atoms with Crippen LogP contribution in [-0.4, -0.2) is 10.9 Å². The Kier molecular flexibility index (Phi) is 3.95. The Hall–Kier alpha value is -2.16. The lowest BCUT2D eigenvalue weighted by molar-refractivity contribution is -0.114. The lowest BCUT2D eigenvalue weighted by Crippen LogP contribution is -2.05. The number of aromatic nitrogens is 1. The summed E-state index contributed by atoms with van der Waals surface area (Å²) in [4.78, 5) is 15.6. The van der Waals surface area contributed by atoms with E-state index in [0.29, 0.717) is 5.92 Å². The zero-order chi connectivity index (χ0) is 13.8.